The third-order valence-corrected chi connectivity index (χ3v) is 2.06. The van der Waals surface area contributed by atoms with E-state index in [2.05, 4.69) is 37.1 Å². The van der Waals surface area contributed by atoms with E-state index in [1.807, 2.05) is 7.05 Å². The van der Waals surface area contributed by atoms with Gasteiger partial charge in [-0.3, -0.25) is 0 Å². The largest absolute Gasteiger partial charge is 0.333 e. The van der Waals surface area contributed by atoms with Gasteiger partial charge in [0.2, 0.25) is 0 Å². The summed E-state index contributed by atoms with van der Waals surface area (Å²) in [4.78, 5) is 0. The fourth-order valence-corrected chi connectivity index (χ4v) is 1.18. The van der Waals surface area contributed by atoms with Gasteiger partial charge in [-0.05, 0) is 52.6 Å². The number of hydrogen-bond acceptors (Lipinski definition) is 4. The second-order valence-electron chi connectivity index (χ2n) is 3.89. The zero-order valence-corrected chi connectivity index (χ0v) is 12.7. The van der Waals surface area contributed by atoms with Gasteiger partial charge in [-0.2, -0.15) is 0 Å². The summed E-state index contributed by atoms with van der Waals surface area (Å²) in [5.74, 6) is 0.757. The molecule has 1 unspecified atom stereocenters. The van der Waals surface area contributed by atoms with E-state index in [0.717, 1.165) is 38.5 Å². The molecule has 0 aliphatic carbocycles. The van der Waals surface area contributed by atoms with E-state index >= 15 is 0 Å². The topological polar surface area (TPSA) is 76.1 Å². The fourth-order valence-electron chi connectivity index (χ4n) is 1.18. The van der Waals surface area contributed by atoms with Gasteiger partial charge in [-0.25, -0.2) is 0 Å². The van der Waals surface area contributed by atoms with Crippen LogP contribution in [-0.4, -0.2) is 40.3 Å². The van der Waals surface area contributed by atoms with Gasteiger partial charge in [-0.15, -0.1) is 0 Å². The second-order valence-corrected chi connectivity index (χ2v) is 3.89. The smallest absolute Gasteiger partial charge is 0.000848 e. The van der Waals surface area contributed by atoms with Crippen molar-refractivity contribution in [2.24, 2.45) is 17.4 Å². The van der Waals surface area contributed by atoms with Gasteiger partial charge in [0.25, 0.3) is 0 Å². The number of rotatable bonds is 8. The second kappa shape index (κ2) is 24.9. The highest BCUT2D eigenvalue weighted by Crippen LogP contribution is 1.97. The van der Waals surface area contributed by atoms with Gasteiger partial charge in [0, 0.05) is 0 Å². The Morgan fingerprint density at radius 1 is 1.06 bits per heavy atom. The van der Waals surface area contributed by atoms with Crippen molar-refractivity contribution in [1.82, 2.24) is 10.6 Å². The molecule has 0 bridgehead atoms. The molecule has 0 fully saturated rings. The molecular formula is C13H36N4. The molecule has 0 heterocycles. The molecule has 0 aromatic heterocycles. The molecule has 0 radical (unpaired) electrons. The Labute approximate surface area is 109 Å². The summed E-state index contributed by atoms with van der Waals surface area (Å²) >= 11 is 0. The van der Waals surface area contributed by atoms with Gasteiger partial charge in [-0.1, -0.05) is 33.6 Å². The lowest BCUT2D eigenvalue weighted by Crippen LogP contribution is -2.30. The summed E-state index contributed by atoms with van der Waals surface area (Å²) < 4.78 is 0. The molecular weight excluding hydrogens is 212 g/mol. The highest BCUT2D eigenvalue weighted by molar-refractivity contribution is 4.62. The molecule has 0 saturated heterocycles. The van der Waals surface area contributed by atoms with Crippen LogP contribution in [0.5, 0.6) is 0 Å². The minimum atomic E-state index is 0.757. The first-order chi connectivity index (χ1) is 8.26. The molecule has 4 heteroatoms. The lowest BCUT2D eigenvalue weighted by Gasteiger charge is -2.14. The minimum Gasteiger partial charge on any atom is -0.333 e. The van der Waals surface area contributed by atoms with Crippen molar-refractivity contribution in [3.8, 4) is 0 Å². The molecule has 0 rings (SSSR count). The molecule has 0 spiro atoms. The maximum atomic E-state index is 5.38. The number of nitrogens with two attached hydrogens (primary N) is 2. The number of hydrogen-bond donors (Lipinski definition) is 4. The molecule has 0 aliphatic heterocycles. The standard InChI is InChI=1S/C9H23N3.C3H8.CH5N/c1-3-9(7-11-2)8-12-6-4-5-10;1-3-2;1-2/h9,11-12H,3-8,10H2,1-2H3;3H2,1-2H3;2H2,1H3. The summed E-state index contributed by atoms with van der Waals surface area (Å²) in [6.45, 7) is 10.5. The summed E-state index contributed by atoms with van der Waals surface area (Å²) in [6.07, 6.45) is 3.56. The van der Waals surface area contributed by atoms with E-state index in [9.17, 15) is 0 Å². The molecule has 6 N–H and O–H groups in total. The van der Waals surface area contributed by atoms with Crippen molar-refractivity contribution < 1.29 is 0 Å². The molecule has 108 valence electrons. The van der Waals surface area contributed by atoms with E-state index in [1.54, 1.807) is 0 Å². The summed E-state index contributed by atoms with van der Waals surface area (Å²) in [5.41, 5.74) is 9.88. The van der Waals surface area contributed by atoms with Crippen LogP contribution in [0.2, 0.25) is 0 Å². The van der Waals surface area contributed by atoms with Crippen molar-refractivity contribution >= 4 is 0 Å². The molecule has 0 saturated carbocycles. The van der Waals surface area contributed by atoms with E-state index < -0.39 is 0 Å². The van der Waals surface area contributed by atoms with Gasteiger partial charge < -0.3 is 22.1 Å². The zero-order valence-electron chi connectivity index (χ0n) is 12.7. The first kappa shape index (κ1) is 22.1. The first-order valence-electron chi connectivity index (χ1n) is 6.89. The van der Waals surface area contributed by atoms with Crippen molar-refractivity contribution in [2.45, 2.75) is 40.0 Å². The highest BCUT2D eigenvalue weighted by atomic mass is 14.9. The Hall–Kier alpha value is -0.160. The molecule has 0 amide bonds. The van der Waals surface area contributed by atoms with Gasteiger partial charge in [0.05, 0.1) is 0 Å². The highest BCUT2D eigenvalue weighted by Gasteiger charge is 2.02. The van der Waals surface area contributed by atoms with E-state index in [-0.39, 0.29) is 0 Å². The summed E-state index contributed by atoms with van der Waals surface area (Å²) in [5, 5.41) is 6.60. The van der Waals surface area contributed by atoms with Crippen LogP contribution in [0.1, 0.15) is 40.0 Å². The third-order valence-electron chi connectivity index (χ3n) is 2.06. The van der Waals surface area contributed by atoms with E-state index in [4.69, 9.17) is 5.73 Å². The lowest BCUT2D eigenvalue weighted by molar-refractivity contribution is 0.444. The van der Waals surface area contributed by atoms with Crippen LogP contribution < -0.4 is 22.1 Å². The van der Waals surface area contributed by atoms with Crippen LogP contribution in [0.15, 0.2) is 0 Å². The quantitative estimate of drug-likeness (QED) is 0.486. The van der Waals surface area contributed by atoms with Crippen molar-refractivity contribution in [2.75, 3.05) is 40.3 Å². The molecule has 0 aliphatic rings. The van der Waals surface area contributed by atoms with Gasteiger partial charge in [0.15, 0.2) is 0 Å². The maximum absolute atomic E-state index is 5.38. The molecule has 17 heavy (non-hydrogen) atoms. The monoisotopic (exact) mass is 248 g/mol. The van der Waals surface area contributed by atoms with Crippen LogP contribution in [-0.2, 0) is 0 Å². The van der Waals surface area contributed by atoms with E-state index in [1.165, 1.54) is 19.9 Å². The molecule has 4 nitrogen and oxygen atoms in total. The van der Waals surface area contributed by atoms with Crippen LogP contribution in [0.3, 0.4) is 0 Å². The Morgan fingerprint density at radius 2 is 1.59 bits per heavy atom. The zero-order chi connectivity index (χ0) is 13.9. The van der Waals surface area contributed by atoms with Crippen LogP contribution in [0, 0.1) is 5.92 Å². The molecule has 1 atom stereocenters. The Morgan fingerprint density at radius 3 is 1.94 bits per heavy atom. The molecule has 0 aromatic rings. The van der Waals surface area contributed by atoms with Crippen molar-refractivity contribution in [1.29, 1.82) is 0 Å². The van der Waals surface area contributed by atoms with Crippen LogP contribution in [0.4, 0.5) is 0 Å². The first-order valence-corrected chi connectivity index (χ1v) is 6.89. The fraction of sp³-hybridized carbons (Fsp3) is 1.00. The summed E-state index contributed by atoms with van der Waals surface area (Å²) in [6, 6.07) is 0. The Balaban J connectivity index is -0.000000337. The van der Waals surface area contributed by atoms with Gasteiger partial charge >= 0.3 is 0 Å². The average Bonchev–Trinajstić information content (AvgIpc) is 2.36. The minimum absolute atomic E-state index is 0.757. The normalized spacial score (nSPS) is 10.8. The van der Waals surface area contributed by atoms with Gasteiger partial charge in [0.1, 0.15) is 0 Å². The van der Waals surface area contributed by atoms with Crippen LogP contribution in [0.25, 0.3) is 0 Å². The van der Waals surface area contributed by atoms with Crippen LogP contribution >= 0.6 is 0 Å². The summed E-state index contributed by atoms with van der Waals surface area (Å²) in [7, 11) is 3.50. The van der Waals surface area contributed by atoms with Crippen molar-refractivity contribution in [3.05, 3.63) is 0 Å². The predicted octanol–water partition coefficient (Wildman–Crippen LogP) is 1.16. The SMILES string of the molecule is CCC.CCC(CNC)CNCCCN.CN. The Bertz CT molecular complexity index is 99.4. The molecule has 0 aromatic carbocycles. The number of nitrogens with one attached hydrogen (secondary N) is 2. The average molecular weight is 248 g/mol. The lowest BCUT2D eigenvalue weighted by atomic mass is 10.1. The Kier molecular flexibility index (Phi) is 32.3. The van der Waals surface area contributed by atoms with Crippen molar-refractivity contribution in [3.63, 3.8) is 0 Å². The van der Waals surface area contributed by atoms with E-state index in [0.29, 0.717) is 0 Å². The predicted molar refractivity (Wildman–Crippen MR) is 80.3 cm³/mol. The third kappa shape index (κ3) is 25.8. The maximum Gasteiger partial charge on any atom is -0.000848 e.